The third kappa shape index (κ3) is 2.28. The second-order valence-electron chi connectivity index (χ2n) is 4.56. The summed E-state index contributed by atoms with van der Waals surface area (Å²) in [5.41, 5.74) is 2.37. The molecule has 5 heteroatoms. The van der Waals surface area contributed by atoms with Crippen molar-refractivity contribution in [1.82, 2.24) is 9.55 Å². The Bertz CT molecular complexity index is 770. The molecule has 0 saturated heterocycles. The van der Waals surface area contributed by atoms with Crippen LogP contribution in [0.2, 0.25) is 5.02 Å². The Morgan fingerprint density at radius 3 is 2.90 bits per heavy atom. The van der Waals surface area contributed by atoms with Gasteiger partial charge in [-0.2, -0.15) is 0 Å². The fourth-order valence-electron chi connectivity index (χ4n) is 2.28. The summed E-state index contributed by atoms with van der Waals surface area (Å²) in [5, 5.41) is 10.4. The zero-order valence-corrected chi connectivity index (χ0v) is 11.3. The minimum atomic E-state index is -0.434. The van der Waals surface area contributed by atoms with Gasteiger partial charge < -0.3 is 9.67 Å². The van der Waals surface area contributed by atoms with Crippen LogP contribution in [0.3, 0.4) is 0 Å². The van der Waals surface area contributed by atoms with E-state index in [0.29, 0.717) is 6.54 Å². The number of aliphatic hydroxyl groups excluding tert-OH is 1. The first-order valence-electron chi connectivity index (χ1n) is 6.16. The molecule has 3 aromatic rings. The van der Waals surface area contributed by atoms with Gasteiger partial charge in [0.1, 0.15) is 11.5 Å². The summed E-state index contributed by atoms with van der Waals surface area (Å²) in [7, 11) is 0. The maximum Gasteiger partial charge on any atom is 0.142 e. The fourth-order valence-corrected chi connectivity index (χ4v) is 2.39. The Kier molecular flexibility index (Phi) is 3.42. The number of halogens is 2. The summed E-state index contributed by atoms with van der Waals surface area (Å²) in [5.74, 6) is -0.434. The lowest BCUT2D eigenvalue weighted by atomic mass is 10.2. The number of pyridine rings is 1. The van der Waals surface area contributed by atoms with Crippen LogP contribution in [0.5, 0.6) is 0 Å². The van der Waals surface area contributed by atoms with Crippen molar-refractivity contribution >= 4 is 22.6 Å². The van der Waals surface area contributed by atoms with Crippen molar-refractivity contribution in [3.63, 3.8) is 0 Å². The quantitative estimate of drug-likeness (QED) is 0.803. The van der Waals surface area contributed by atoms with E-state index < -0.39 is 5.82 Å². The molecular formula is C15H12ClFN2O. The van der Waals surface area contributed by atoms with E-state index in [2.05, 4.69) is 4.98 Å². The second kappa shape index (κ2) is 5.23. The number of rotatable bonds is 3. The number of nitrogens with zero attached hydrogens (tertiary/aromatic N) is 2. The molecule has 0 fully saturated rings. The van der Waals surface area contributed by atoms with E-state index in [4.69, 9.17) is 11.6 Å². The van der Waals surface area contributed by atoms with Crippen LogP contribution in [-0.2, 0) is 13.2 Å². The SMILES string of the molecule is OCc1cn(Cc2ccc(Cl)c(F)c2)c2ncccc12. The van der Waals surface area contributed by atoms with E-state index in [1.807, 2.05) is 22.9 Å². The number of hydrogen-bond acceptors (Lipinski definition) is 2. The number of hydrogen-bond donors (Lipinski definition) is 1. The molecular weight excluding hydrogens is 279 g/mol. The van der Waals surface area contributed by atoms with Crippen molar-refractivity contribution in [2.75, 3.05) is 0 Å². The molecule has 2 aromatic heterocycles. The molecule has 0 unspecified atom stereocenters. The fraction of sp³-hybridized carbons (Fsp3) is 0.133. The van der Waals surface area contributed by atoms with E-state index in [9.17, 15) is 9.50 Å². The largest absolute Gasteiger partial charge is 0.392 e. The number of benzene rings is 1. The van der Waals surface area contributed by atoms with Gasteiger partial charge in [0.15, 0.2) is 0 Å². The van der Waals surface area contributed by atoms with Gasteiger partial charge in [0.05, 0.1) is 11.6 Å². The van der Waals surface area contributed by atoms with Crippen LogP contribution in [0.15, 0.2) is 42.7 Å². The lowest BCUT2D eigenvalue weighted by Gasteiger charge is -2.05. The summed E-state index contributed by atoms with van der Waals surface area (Å²) < 4.78 is 15.4. The van der Waals surface area contributed by atoms with Gasteiger partial charge in [-0.1, -0.05) is 17.7 Å². The molecule has 0 radical (unpaired) electrons. The van der Waals surface area contributed by atoms with E-state index in [1.54, 1.807) is 12.3 Å². The Labute approximate surface area is 120 Å². The summed E-state index contributed by atoms with van der Waals surface area (Å²) >= 11 is 5.68. The maximum absolute atomic E-state index is 13.5. The molecule has 0 atom stereocenters. The van der Waals surface area contributed by atoms with Crippen LogP contribution in [0.25, 0.3) is 11.0 Å². The number of aromatic nitrogens is 2. The van der Waals surface area contributed by atoms with Crippen LogP contribution in [0.4, 0.5) is 4.39 Å². The molecule has 0 spiro atoms. The molecule has 0 aliphatic carbocycles. The molecule has 0 aliphatic rings. The third-order valence-corrected chi connectivity index (χ3v) is 3.53. The van der Waals surface area contributed by atoms with Crippen LogP contribution < -0.4 is 0 Å². The summed E-state index contributed by atoms with van der Waals surface area (Å²) in [4.78, 5) is 4.32. The zero-order chi connectivity index (χ0) is 14.1. The smallest absolute Gasteiger partial charge is 0.142 e. The van der Waals surface area contributed by atoms with E-state index in [1.165, 1.54) is 12.1 Å². The maximum atomic E-state index is 13.5. The van der Waals surface area contributed by atoms with Crippen LogP contribution in [-0.4, -0.2) is 14.7 Å². The predicted octanol–water partition coefficient (Wildman–Crippen LogP) is 3.37. The number of fused-ring (bicyclic) bond motifs is 1. The summed E-state index contributed by atoms with van der Waals surface area (Å²) in [6, 6.07) is 8.47. The first-order chi connectivity index (χ1) is 9.69. The van der Waals surface area contributed by atoms with Gasteiger partial charge >= 0.3 is 0 Å². The van der Waals surface area contributed by atoms with Gasteiger partial charge in [-0.05, 0) is 29.8 Å². The van der Waals surface area contributed by atoms with Gasteiger partial charge in [0.2, 0.25) is 0 Å². The monoisotopic (exact) mass is 290 g/mol. The normalized spacial score (nSPS) is 11.2. The Hall–Kier alpha value is -1.91. The Morgan fingerprint density at radius 2 is 2.15 bits per heavy atom. The van der Waals surface area contributed by atoms with Gasteiger partial charge in [-0.3, -0.25) is 0 Å². The van der Waals surface area contributed by atoms with Gasteiger partial charge in [0.25, 0.3) is 0 Å². The molecule has 3 nitrogen and oxygen atoms in total. The molecule has 1 aromatic carbocycles. The van der Waals surface area contributed by atoms with Crippen molar-refractivity contribution in [1.29, 1.82) is 0 Å². The predicted molar refractivity (Wildman–Crippen MR) is 76.2 cm³/mol. The highest BCUT2D eigenvalue weighted by Crippen LogP contribution is 2.22. The van der Waals surface area contributed by atoms with E-state index >= 15 is 0 Å². The molecule has 0 saturated carbocycles. The molecule has 2 heterocycles. The average molecular weight is 291 g/mol. The molecule has 102 valence electrons. The summed E-state index contributed by atoms with van der Waals surface area (Å²) in [6.07, 6.45) is 3.53. The highest BCUT2D eigenvalue weighted by Gasteiger charge is 2.09. The molecule has 0 amide bonds. The molecule has 0 bridgehead atoms. The van der Waals surface area contributed by atoms with Gasteiger partial charge in [-0.25, -0.2) is 9.37 Å². The van der Waals surface area contributed by atoms with Crippen molar-refractivity contribution in [2.24, 2.45) is 0 Å². The molecule has 20 heavy (non-hydrogen) atoms. The first kappa shape index (κ1) is 13.1. The highest BCUT2D eigenvalue weighted by atomic mass is 35.5. The third-order valence-electron chi connectivity index (χ3n) is 3.22. The van der Waals surface area contributed by atoms with Crippen molar-refractivity contribution in [3.05, 3.63) is 64.7 Å². The zero-order valence-electron chi connectivity index (χ0n) is 10.6. The lowest BCUT2D eigenvalue weighted by molar-refractivity contribution is 0.283. The summed E-state index contributed by atoms with van der Waals surface area (Å²) in [6.45, 7) is 0.422. The first-order valence-corrected chi connectivity index (χ1v) is 6.54. The van der Waals surface area contributed by atoms with Crippen LogP contribution >= 0.6 is 11.6 Å². The standard InChI is InChI=1S/C15H12ClFN2O/c16-13-4-3-10(6-14(13)17)7-19-8-11(9-20)12-2-1-5-18-15(12)19/h1-6,8,20H,7,9H2. The average Bonchev–Trinajstić information content (AvgIpc) is 2.81. The van der Waals surface area contributed by atoms with Crippen molar-refractivity contribution in [2.45, 2.75) is 13.2 Å². The topological polar surface area (TPSA) is 38.0 Å². The second-order valence-corrected chi connectivity index (χ2v) is 4.97. The van der Waals surface area contributed by atoms with Crippen LogP contribution in [0.1, 0.15) is 11.1 Å². The van der Waals surface area contributed by atoms with Gasteiger partial charge in [0, 0.05) is 29.9 Å². The van der Waals surface area contributed by atoms with E-state index in [-0.39, 0.29) is 11.6 Å². The number of aliphatic hydroxyl groups is 1. The Morgan fingerprint density at radius 1 is 1.30 bits per heavy atom. The molecule has 3 rings (SSSR count). The lowest BCUT2D eigenvalue weighted by Crippen LogP contribution is -1.99. The van der Waals surface area contributed by atoms with Crippen molar-refractivity contribution in [3.8, 4) is 0 Å². The minimum Gasteiger partial charge on any atom is -0.392 e. The van der Waals surface area contributed by atoms with Crippen molar-refractivity contribution < 1.29 is 9.50 Å². The minimum absolute atomic E-state index is 0.0514. The van der Waals surface area contributed by atoms with E-state index in [0.717, 1.165) is 22.2 Å². The Balaban J connectivity index is 2.04. The van der Waals surface area contributed by atoms with Crippen LogP contribution in [0, 0.1) is 5.82 Å². The van der Waals surface area contributed by atoms with Gasteiger partial charge in [-0.15, -0.1) is 0 Å². The molecule has 0 aliphatic heterocycles. The molecule has 1 N–H and O–H groups in total. The highest BCUT2D eigenvalue weighted by molar-refractivity contribution is 6.30.